The van der Waals surface area contributed by atoms with Gasteiger partial charge in [0.25, 0.3) is 5.91 Å². The smallest absolute Gasteiger partial charge is 0.254 e. The maximum atomic E-state index is 14.4. The lowest BCUT2D eigenvalue weighted by Gasteiger charge is -2.16. The van der Waals surface area contributed by atoms with Gasteiger partial charge >= 0.3 is 0 Å². The van der Waals surface area contributed by atoms with E-state index in [1.807, 2.05) is 24.3 Å². The maximum Gasteiger partial charge on any atom is 0.254 e. The maximum absolute atomic E-state index is 14.4. The van der Waals surface area contributed by atoms with Gasteiger partial charge in [-0.25, -0.2) is 9.37 Å². The van der Waals surface area contributed by atoms with E-state index < -0.39 is 12.3 Å². The van der Waals surface area contributed by atoms with Crippen molar-refractivity contribution in [2.75, 3.05) is 20.2 Å². The van der Waals surface area contributed by atoms with Crippen molar-refractivity contribution in [2.24, 2.45) is 0 Å². The molecule has 140 valence electrons. The minimum Gasteiger partial charge on any atom is -0.497 e. The fraction of sp³-hybridized carbons (Fsp3) is 0.300. The Kier molecular flexibility index (Phi) is 4.77. The molecule has 1 N–H and O–H groups in total. The van der Waals surface area contributed by atoms with Gasteiger partial charge in [-0.15, -0.1) is 0 Å². The predicted molar refractivity (Wildman–Crippen MR) is 98.5 cm³/mol. The minimum absolute atomic E-state index is 0.0374. The zero-order valence-corrected chi connectivity index (χ0v) is 14.9. The molecular formula is C20H20FN3O3. The number of aromatic nitrogens is 2. The summed E-state index contributed by atoms with van der Waals surface area (Å²) in [4.78, 5) is 21.5. The van der Waals surface area contributed by atoms with Gasteiger partial charge in [0.2, 0.25) is 0 Å². The van der Waals surface area contributed by atoms with Crippen LogP contribution in [0.5, 0.6) is 5.75 Å². The minimum atomic E-state index is -1.22. The van der Waals surface area contributed by atoms with Crippen LogP contribution in [0.2, 0.25) is 0 Å². The molecule has 2 heterocycles. The van der Waals surface area contributed by atoms with E-state index in [4.69, 9.17) is 9.47 Å². The molecule has 27 heavy (non-hydrogen) atoms. The van der Waals surface area contributed by atoms with E-state index in [2.05, 4.69) is 9.97 Å². The SMILES string of the molecule is COc1ccc2nc(COC3CN(C(=O)c4ccccc4)CC3F)[nH]c2c1. The molecule has 1 amide bonds. The van der Waals surface area contributed by atoms with Crippen molar-refractivity contribution >= 4 is 16.9 Å². The summed E-state index contributed by atoms with van der Waals surface area (Å²) in [5, 5.41) is 0. The largest absolute Gasteiger partial charge is 0.497 e. The highest BCUT2D eigenvalue weighted by molar-refractivity contribution is 5.94. The molecule has 0 aliphatic carbocycles. The second-order valence-electron chi connectivity index (χ2n) is 6.51. The summed E-state index contributed by atoms with van der Waals surface area (Å²) in [7, 11) is 1.60. The fourth-order valence-electron chi connectivity index (χ4n) is 3.24. The van der Waals surface area contributed by atoms with E-state index in [1.165, 1.54) is 4.90 Å². The molecule has 1 fully saturated rings. The van der Waals surface area contributed by atoms with Crippen LogP contribution in [0.25, 0.3) is 11.0 Å². The van der Waals surface area contributed by atoms with E-state index in [1.54, 1.807) is 31.4 Å². The third-order valence-corrected chi connectivity index (χ3v) is 4.68. The quantitative estimate of drug-likeness (QED) is 0.751. The standard InChI is InChI=1S/C20H20FN3O3/c1-26-14-7-8-16-17(9-14)23-19(22-16)12-27-18-11-24(10-15(18)21)20(25)13-5-3-2-4-6-13/h2-9,15,18H,10-12H2,1H3,(H,22,23). The second kappa shape index (κ2) is 7.36. The number of amides is 1. The Balaban J connectivity index is 1.39. The second-order valence-corrected chi connectivity index (χ2v) is 6.51. The zero-order chi connectivity index (χ0) is 18.8. The first-order chi connectivity index (χ1) is 13.1. The van der Waals surface area contributed by atoms with Gasteiger partial charge < -0.3 is 19.4 Å². The van der Waals surface area contributed by atoms with Crippen LogP contribution in [0.4, 0.5) is 4.39 Å². The molecule has 0 saturated carbocycles. The van der Waals surface area contributed by atoms with Crippen molar-refractivity contribution in [3.05, 3.63) is 59.9 Å². The summed E-state index contributed by atoms with van der Waals surface area (Å²) in [5.41, 5.74) is 2.17. The number of imidazole rings is 1. The number of alkyl halides is 1. The number of likely N-dealkylation sites (tertiary alicyclic amines) is 1. The average molecular weight is 369 g/mol. The zero-order valence-electron chi connectivity index (χ0n) is 14.9. The normalized spacial score (nSPS) is 19.6. The van der Waals surface area contributed by atoms with Gasteiger partial charge in [0.15, 0.2) is 0 Å². The molecule has 1 aliphatic rings. The fourth-order valence-corrected chi connectivity index (χ4v) is 3.24. The van der Waals surface area contributed by atoms with Crippen molar-refractivity contribution in [3.8, 4) is 5.75 Å². The first kappa shape index (κ1) is 17.5. The molecule has 0 radical (unpaired) electrons. The van der Waals surface area contributed by atoms with Gasteiger partial charge in [-0.2, -0.15) is 0 Å². The Labute approximate surface area is 155 Å². The number of rotatable bonds is 5. The van der Waals surface area contributed by atoms with E-state index >= 15 is 0 Å². The van der Waals surface area contributed by atoms with Gasteiger partial charge in [-0.3, -0.25) is 4.79 Å². The van der Waals surface area contributed by atoms with Gasteiger partial charge in [-0.1, -0.05) is 18.2 Å². The first-order valence-electron chi connectivity index (χ1n) is 8.76. The van der Waals surface area contributed by atoms with Crippen molar-refractivity contribution in [1.82, 2.24) is 14.9 Å². The Morgan fingerprint density at radius 1 is 1.26 bits per heavy atom. The summed E-state index contributed by atoms with van der Waals surface area (Å²) in [5.74, 6) is 1.16. The number of aromatic amines is 1. The summed E-state index contributed by atoms with van der Waals surface area (Å²) in [6, 6.07) is 14.4. The topological polar surface area (TPSA) is 67.5 Å². The molecule has 3 aromatic rings. The molecule has 4 rings (SSSR count). The van der Waals surface area contributed by atoms with E-state index in [0.29, 0.717) is 11.4 Å². The van der Waals surface area contributed by atoms with Crippen LogP contribution in [0.15, 0.2) is 48.5 Å². The number of ether oxygens (including phenoxy) is 2. The molecule has 2 aromatic carbocycles. The molecule has 1 aliphatic heterocycles. The van der Waals surface area contributed by atoms with Crippen molar-refractivity contribution in [1.29, 1.82) is 0 Å². The number of methoxy groups -OCH3 is 1. The van der Waals surface area contributed by atoms with Crippen molar-refractivity contribution < 1.29 is 18.7 Å². The number of hydrogen-bond donors (Lipinski definition) is 1. The third-order valence-electron chi connectivity index (χ3n) is 4.68. The Hall–Kier alpha value is -2.93. The number of carbonyl (C=O) groups excluding carboxylic acids is 1. The lowest BCUT2D eigenvalue weighted by molar-refractivity contribution is 0.00887. The number of carbonyl (C=O) groups is 1. The number of benzene rings is 2. The molecule has 6 nitrogen and oxygen atoms in total. The molecule has 7 heteroatoms. The lowest BCUT2D eigenvalue weighted by Crippen LogP contribution is -2.30. The number of nitrogens with one attached hydrogen (secondary N) is 1. The van der Waals surface area contributed by atoms with Crippen LogP contribution < -0.4 is 4.74 Å². The van der Waals surface area contributed by atoms with E-state index in [-0.39, 0.29) is 25.6 Å². The van der Waals surface area contributed by atoms with Crippen molar-refractivity contribution in [3.63, 3.8) is 0 Å². The molecule has 1 saturated heterocycles. The van der Waals surface area contributed by atoms with Crippen LogP contribution in [-0.4, -0.2) is 53.2 Å². The highest BCUT2D eigenvalue weighted by Crippen LogP contribution is 2.22. The summed E-state index contributed by atoms with van der Waals surface area (Å²) < 4.78 is 25.3. The van der Waals surface area contributed by atoms with Gasteiger partial charge in [0.05, 0.1) is 31.2 Å². The third kappa shape index (κ3) is 3.64. The summed E-state index contributed by atoms with van der Waals surface area (Å²) in [6.45, 7) is 0.411. The molecule has 2 atom stereocenters. The monoisotopic (exact) mass is 369 g/mol. The first-order valence-corrected chi connectivity index (χ1v) is 8.76. The van der Waals surface area contributed by atoms with Gasteiger partial charge in [0, 0.05) is 11.6 Å². The highest BCUT2D eigenvalue weighted by Gasteiger charge is 2.36. The number of hydrogen-bond acceptors (Lipinski definition) is 4. The van der Waals surface area contributed by atoms with Crippen LogP contribution in [0.1, 0.15) is 16.2 Å². The number of halogens is 1. The van der Waals surface area contributed by atoms with Crippen LogP contribution in [0.3, 0.4) is 0 Å². The van der Waals surface area contributed by atoms with Gasteiger partial charge in [0.1, 0.15) is 30.5 Å². The van der Waals surface area contributed by atoms with Crippen molar-refractivity contribution in [2.45, 2.75) is 18.9 Å². The Morgan fingerprint density at radius 2 is 2.07 bits per heavy atom. The Morgan fingerprint density at radius 3 is 2.85 bits per heavy atom. The number of nitrogens with zero attached hydrogens (tertiary/aromatic N) is 2. The molecule has 1 aromatic heterocycles. The molecule has 2 unspecified atom stereocenters. The Bertz CT molecular complexity index is 944. The molecule has 0 spiro atoms. The number of fused-ring (bicyclic) bond motifs is 1. The lowest BCUT2D eigenvalue weighted by atomic mass is 10.2. The highest BCUT2D eigenvalue weighted by atomic mass is 19.1. The molecular weight excluding hydrogens is 349 g/mol. The predicted octanol–water partition coefficient (Wildman–Crippen LogP) is 2.95. The average Bonchev–Trinajstić information content (AvgIpc) is 3.28. The van der Waals surface area contributed by atoms with Gasteiger partial charge in [-0.05, 0) is 24.3 Å². The molecule has 0 bridgehead atoms. The van der Waals surface area contributed by atoms with Crippen LogP contribution in [0, 0.1) is 0 Å². The van der Waals surface area contributed by atoms with Crippen LogP contribution >= 0.6 is 0 Å². The summed E-state index contributed by atoms with van der Waals surface area (Å²) in [6.07, 6.45) is -1.89. The van der Waals surface area contributed by atoms with Crippen LogP contribution in [-0.2, 0) is 11.3 Å². The summed E-state index contributed by atoms with van der Waals surface area (Å²) >= 11 is 0. The van der Waals surface area contributed by atoms with E-state index in [9.17, 15) is 9.18 Å². The number of H-pyrrole nitrogens is 1. The van der Waals surface area contributed by atoms with E-state index in [0.717, 1.165) is 16.8 Å².